The first-order chi connectivity index (χ1) is 13.0. The van der Waals surface area contributed by atoms with Crippen molar-refractivity contribution < 1.29 is 14.3 Å². The van der Waals surface area contributed by atoms with Gasteiger partial charge in [-0.2, -0.15) is 0 Å². The fourth-order valence-corrected chi connectivity index (χ4v) is 4.32. The van der Waals surface area contributed by atoms with Crippen LogP contribution in [0.2, 0.25) is 0 Å². The van der Waals surface area contributed by atoms with Gasteiger partial charge >= 0.3 is 0 Å². The number of methoxy groups -OCH3 is 1. The highest BCUT2D eigenvalue weighted by atomic mass is 16.5. The summed E-state index contributed by atoms with van der Waals surface area (Å²) < 4.78 is 5.24. The number of amides is 2. The number of carbonyl (C=O) groups excluding carboxylic acids is 2. The molecule has 2 heterocycles. The van der Waals surface area contributed by atoms with Crippen LogP contribution in [0.1, 0.15) is 36.0 Å². The van der Waals surface area contributed by atoms with Crippen molar-refractivity contribution >= 4 is 11.8 Å². The molecule has 2 saturated heterocycles. The topological polar surface area (TPSA) is 53.1 Å². The molecule has 3 rings (SSSR count). The van der Waals surface area contributed by atoms with E-state index < -0.39 is 0 Å². The zero-order valence-electron chi connectivity index (χ0n) is 16.7. The fraction of sp³-hybridized carbons (Fsp3) is 0.619. The van der Waals surface area contributed by atoms with Crippen molar-refractivity contribution in [3.05, 3.63) is 29.8 Å². The van der Waals surface area contributed by atoms with Gasteiger partial charge in [-0.05, 0) is 64.0 Å². The molecule has 0 aromatic heterocycles. The number of hydrogen-bond acceptors (Lipinski definition) is 4. The smallest absolute Gasteiger partial charge is 0.253 e. The largest absolute Gasteiger partial charge is 0.497 e. The van der Waals surface area contributed by atoms with E-state index in [0.29, 0.717) is 30.2 Å². The third kappa shape index (κ3) is 4.61. The summed E-state index contributed by atoms with van der Waals surface area (Å²) in [5.41, 5.74) is 0.669. The van der Waals surface area contributed by atoms with E-state index in [1.807, 2.05) is 23.1 Å². The zero-order chi connectivity index (χ0) is 19.4. The van der Waals surface area contributed by atoms with Crippen LogP contribution in [-0.2, 0) is 4.79 Å². The number of nitrogens with zero attached hydrogens (tertiary/aromatic N) is 3. The summed E-state index contributed by atoms with van der Waals surface area (Å²) in [5, 5.41) is 0. The van der Waals surface area contributed by atoms with Gasteiger partial charge in [-0.3, -0.25) is 9.59 Å². The summed E-state index contributed by atoms with van der Waals surface area (Å²) in [6, 6.07) is 7.62. The first-order valence-electron chi connectivity index (χ1n) is 9.87. The molecule has 148 valence electrons. The Kier molecular flexibility index (Phi) is 6.37. The number of hydrogen-bond donors (Lipinski definition) is 0. The zero-order valence-corrected chi connectivity index (χ0v) is 16.7. The average Bonchev–Trinajstić information content (AvgIpc) is 2.68. The van der Waals surface area contributed by atoms with Crippen molar-refractivity contribution in [3.63, 3.8) is 0 Å². The number of fused-ring (bicyclic) bond motifs is 1. The van der Waals surface area contributed by atoms with E-state index in [1.165, 1.54) is 0 Å². The Bertz CT molecular complexity index is 676. The molecular weight excluding hydrogens is 342 g/mol. The Morgan fingerprint density at radius 3 is 2.85 bits per heavy atom. The maximum atomic E-state index is 12.9. The molecule has 2 aliphatic heterocycles. The summed E-state index contributed by atoms with van der Waals surface area (Å²) >= 11 is 0. The van der Waals surface area contributed by atoms with Gasteiger partial charge in [0.05, 0.1) is 7.11 Å². The van der Waals surface area contributed by atoms with Crippen LogP contribution >= 0.6 is 0 Å². The molecule has 2 atom stereocenters. The summed E-state index contributed by atoms with van der Waals surface area (Å²) in [5.74, 6) is 1.42. The number of rotatable bonds is 6. The minimum Gasteiger partial charge on any atom is -0.497 e. The summed E-state index contributed by atoms with van der Waals surface area (Å²) in [4.78, 5) is 31.6. The standard InChI is InChI=1S/C21H31N3O3/c1-22(2)11-5-12-24-19-10-13-23(15-17(19)8-9-20(24)25)21(26)16-6-4-7-18(14-16)27-3/h4,6-7,14,17,19H,5,8-13,15H2,1-3H3/t17-,19+/m0/s1. The molecular formula is C21H31N3O3. The highest BCUT2D eigenvalue weighted by Crippen LogP contribution is 2.32. The molecule has 1 aromatic rings. The van der Waals surface area contributed by atoms with E-state index in [1.54, 1.807) is 13.2 Å². The second-order valence-electron chi connectivity index (χ2n) is 7.88. The molecule has 6 heteroatoms. The fourth-order valence-electron chi connectivity index (χ4n) is 4.32. The second-order valence-corrected chi connectivity index (χ2v) is 7.88. The van der Waals surface area contributed by atoms with Crippen LogP contribution < -0.4 is 4.74 Å². The third-order valence-corrected chi connectivity index (χ3v) is 5.75. The molecule has 2 amide bonds. The molecule has 27 heavy (non-hydrogen) atoms. The molecule has 0 aliphatic carbocycles. The molecule has 0 saturated carbocycles. The lowest BCUT2D eigenvalue weighted by molar-refractivity contribution is -0.140. The maximum absolute atomic E-state index is 12.9. The van der Waals surface area contributed by atoms with Gasteiger partial charge in [-0.1, -0.05) is 6.07 Å². The predicted molar refractivity (Wildman–Crippen MR) is 105 cm³/mol. The summed E-state index contributed by atoms with van der Waals surface area (Å²) in [6.07, 6.45) is 3.35. The van der Waals surface area contributed by atoms with Gasteiger partial charge in [-0.25, -0.2) is 0 Å². The maximum Gasteiger partial charge on any atom is 0.253 e. The Hall–Kier alpha value is -2.08. The first-order valence-corrected chi connectivity index (χ1v) is 9.87. The van der Waals surface area contributed by atoms with Gasteiger partial charge in [-0.15, -0.1) is 0 Å². The minimum absolute atomic E-state index is 0.0587. The quantitative estimate of drug-likeness (QED) is 0.766. The van der Waals surface area contributed by atoms with Gasteiger partial charge in [0.25, 0.3) is 5.91 Å². The van der Waals surface area contributed by atoms with Crippen molar-refractivity contribution in [2.75, 3.05) is 47.4 Å². The number of benzene rings is 1. The van der Waals surface area contributed by atoms with E-state index in [4.69, 9.17) is 4.74 Å². The lowest BCUT2D eigenvalue weighted by Crippen LogP contribution is -2.57. The third-order valence-electron chi connectivity index (χ3n) is 5.75. The van der Waals surface area contributed by atoms with Gasteiger partial charge in [0.15, 0.2) is 0 Å². The number of carbonyl (C=O) groups is 2. The molecule has 0 spiro atoms. The van der Waals surface area contributed by atoms with Crippen molar-refractivity contribution in [2.24, 2.45) is 5.92 Å². The van der Waals surface area contributed by atoms with E-state index in [0.717, 1.165) is 38.9 Å². The molecule has 6 nitrogen and oxygen atoms in total. The van der Waals surface area contributed by atoms with Crippen LogP contribution in [0.4, 0.5) is 0 Å². The average molecular weight is 373 g/mol. The normalized spacial score (nSPS) is 22.7. The molecule has 1 aromatic carbocycles. The number of piperidine rings is 2. The van der Waals surface area contributed by atoms with Gasteiger partial charge in [0.1, 0.15) is 5.75 Å². The Morgan fingerprint density at radius 1 is 1.30 bits per heavy atom. The highest BCUT2D eigenvalue weighted by molar-refractivity contribution is 5.94. The van der Waals surface area contributed by atoms with Crippen LogP contribution in [0.25, 0.3) is 0 Å². The van der Waals surface area contributed by atoms with Gasteiger partial charge < -0.3 is 19.4 Å². The molecule has 2 fully saturated rings. The van der Waals surface area contributed by atoms with Gasteiger partial charge in [0, 0.05) is 37.7 Å². The van der Waals surface area contributed by atoms with Crippen molar-refractivity contribution in [3.8, 4) is 5.75 Å². The van der Waals surface area contributed by atoms with Crippen LogP contribution in [-0.4, -0.2) is 79.9 Å². The Balaban J connectivity index is 1.63. The lowest BCUT2D eigenvalue weighted by Gasteiger charge is -2.47. The molecule has 0 radical (unpaired) electrons. The molecule has 2 aliphatic rings. The SMILES string of the molecule is COc1cccc(C(=O)N2CC[C@@H]3[C@@H](CCC(=O)N3CCCN(C)C)C2)c1. The number of ether oxygens (including phenoxy) is 1. The Labute approximate surface area is 162 Å². The van der Waals surface area contributed by atoms with Crippen LogP contribution in [0.15, 0.2) is 24.3 Å². The second kappa shape index (κ2) is 8.74. The van der Waals surface area contributed by atoms with E-state index in [2.05, 4.69) is 23.9 Å². The first kappa shape index (κ1) is 19.7. The Morgan fingerprint density at radius 2 is 2.11 bits per heavy atom. The molecule has 0 N–H and O–H groups in total. The van der Waals surface area contributed by atoms with Crippen molar-refractivity contribution in [1.82, 2.24) is 14.7 Å². The van der Waals surface area contributed by atoms with Crippen molar-refractivity contribution in [2.45, 2.75) is 31.7 Å². The lowest BCUT2D eigenvalue weighted by atomic mass is 9.83. The predicted octanol–water partition coefficient (Wildman–Crippen LogP) is 2.10. The van der Waals surface area contributed by atoms with Crippen LogP contribution in [0.5, 0.6) is 5.75 Å². The number of likely N-dealkylation sites (tertiary alicyclic amines) is 2. The van der Waals surface area contributed by atoms with E-state index in [-0.39, 0.29) is 17.9 Å². The van der Waals surface area contributed by atoms with E-state index in [9.17, 15) is 9.59 Å². The summed E-state index contributed by atoms with van der Waals surface area (Å²) in [7, 11) is 5.73. The van der Waals surface area contributed by atoms with Crippen LogP contribution in [0, 0.1) is 5.92 Å². The minimum atomic E-state index is 0.0587. The summed E-state index contributed by atoms with van der Waals surface area (Å²) in [6.45, 7) is 3.25. The van der Waals surface area contributed by atoms with E-state index >= 15 is 0 Å². The van der Waals surface area contributed by atoms with Gasteiger partial charge in [0.2, 0.25) is 5.91 Å². The monoisotopic (exact) mass is 373 g/mol. The molecule has 0 bridgehead atoms. The molecule has 0 unspecified atom stereocenters. The van der Waals surface area contributed by atoms with Crippen LogP contribution in [0.3, 0.4) is 0 Å². The van der Waals surface area contributed by atoms with Crippen molar-refractivity contribution in [1.29, 1.82) is 0 Å². The highest BCUT2D eigenvalue weighted by Gasteiger charge is 2.40.